The van der Waals surface area contributed by atoms with Crippen LogP contribution in [0.3, 0.4) is 0 Å². The predicted molar refractivity (Wildman–Crippen MR) is 116 cm³/mol. The monoisotopic (exact) mass is 485 g/mol. The summed E-state index contributed by atoms with van der Waals surface area (Å²) in [5.74, 6) is 0.863. The average Bonchev–Trinajstić information content (AvgIpc) is 3.13. The number of carbonyl (C=O) groups excluding carboxylic acids is 1. The molecule has 0 fully saturated rings. The number of halogens is 1. The maximum absolute atomic E-state index is 12.4. The van der Waals surface area contributed by atoms with Gasteiger partial charge < -0.3 is 15.5 Å². The standard InChI is InChI=1S/C18H23N5OS.HI/c1-19-18(22-12-15-4-2-3-8-20-15)21-9-5-17(24)23-10-6-16-14(13-23)7-11-25-16;/h2-4,7-8,11H,5-6,9-10,12-13H2,1H3,(H2,19,21,22);1H. The lowest BCUT2D eigenvalue weighted by molar-refractivity contribution is -0.131. The Morgan fingerprint density at radius 2 is 2.23 bits per heavy atom. The Labute approximate surface area is 175 Å². The number of thiophene rings is 1. The molecular weight excluding hydrogens is 461 g/mol. The van der Waals surface area contributed by atoms with Crippen molar-refractivity contribution in [2.24, 2.45) is 4.99 Å². The summed E-state index contributed by atoms with van der Waals surface area (Å²) in [7, 11) is 1.72. The SMILES string of the molecule is CN=C(NCCC(=O)N1CCc2sccc2C1)NCc1ccccn1.I. The van der Waals surface area contributed by atoms with Gasteiger partial charge in [0.05, 0.1) is 12.2 Å². The van der Waals surface area contributed by atoms with Crippen LogP contribution in [0, 0.1) is 0 Å². The second-order valence-corrected chi connectivity index (χ2v) is 6.86. The van der Waals surface area contributed by atoms with Crippen molar-refractivity contribution >= 4 is 47.2 Å². The Morgan fingerprint density at radius 3 is 3.00 bits per heavy atom. The van der Waals surface area contributed by atoms with E-state index in [2.05, 4.69) is 32.1 Å². The fraction of sp³-hybridized carbons (Fsp3) is 0.389. The normalized spacial score (nSPS) is 13.6. The van der Waals surface area contributed by atoms with E-state index in [1.807, 2.05) is 23.1 Å². The number of carbonyl (C=O) groups is 1. The molecule has 3 rings (SSSR count). The summed E-state index contributed by atoms with van der Waals surface area (Å²) in [6, 6.07) is 7.93. The van der Waals surface area contributed by atoms with Gasteiger partial charge in [-0.2, -0.15) is 0 Å². The molecule has 1 aliphatic rings. The first-order chi connectivity index (χ1) is 12.3. The Bertz CT molecular complexity index is 734. The van der Waals surface area contributed by atoms with Crippen molar-refractivity contribution in [2.75, 3.05) is 20.1 Å². The molecule has 0 atom stereocenters. The van der Waals surface area contributed by atoms with Gasteiger partial charge in [-0.1, -0.05) is 6.07 Å². The van der Waals surface area contributed by atoms with E-state index in [9.17, 15) is 4.79 Å². The minimum Gasteiger partial charge on any atom is -0.356 e. The first-order valence-corrected chi connectivity index (χ1v) is 9.31. The van der Waals surface area contributed by atoms with Crippen LogP contribution < -0.4 is 10.6 Å². The third kappa shape index (κ3) is 5.66. The highest BCUT2D eigenvalue weighted by Gasteiger charge is 2.20. The zero-order valence-electron chi connectivity index (χ0n) is 14.8. The van der Waals surface area contributed by atoms with Crippen LogP contribution in [0.4, 0.5) is 0 Å². The quantitative estimate of drug-likeness (QED) is 0.388. The van der Waals surface area contributed by atoms with Gasteiger partial charge in [-0.15, -0.1) is 35.3 Å². The molecule has 0 aliphatic carbocycles. The zero-order chi connectivity index (χ0) is 17.5. The molecule has 1 amide bonds. The van der Waals surface area contributed by atoms with Crippen molar-refractivity contribution in [1.29, 1.82) is 0 Å². The molecule has 2 N–H and O–H groups in total. The second-order valence-electron chi connectivity index (χ2n) is 5.86. The van der Waals surface area contributed by atoms with Crippen LogP contribution >= 0.6 is 35.3 Å². The number of fused-ring (bicyclic) bond motifs is 1. The van der Waals surface area contributed by atoms with Crippen LogP contribution in [-0.2, 0) is 24.3 Å². The third-order valence-corrected chi connectivity index (χ3v) is 5.20. The van der Waals surface area contributed by atoms with E-state index in [0.29, 0.717) is 25.5 Å². The highest BCUT2D eigenvalue weighted by atomic mass is 127. The van der Waals surface area contributed by atoms with Crippen LogP contribution in [0.1, 0.15) is 22.6 Å². The molecule has 6 nitrogen and oxygen atoms in total. The molecule has 26 heavy (non-hydrogen) atoms. The Kier molecular flexibility index (Phi) is 8.30. The van der Waals surface area contributed by atoms with Crippen LogP contribution in [0.2, 0.25) is 0 Å². The average molecular weight is 485 g/mol. The molecule has 3 heterocycles. The summed E-state index contributed by atoms with van der Waals surface area (Å²) in [6.45, 7) is 2.72. The molecule has 0 aromatic carbocycles. The van der Waals surface area contributed by atoms with Crippen molar-refractivity contribution in [2.45, 2.75) is 25.9 Å². The Morgan fingerprint density at radius 1 is 1.35 bits per heavy atom. The number of aromatic nitrogens is 1. The van der Waals surface area contributed by atoms with Crippen molar-refractivity contribution < 1.29 is 4.79 Å². The summed E-state index contributed by atoms with van der Waals surface area (Å²) < 4.78 is 0. The Hall–Kier alpha value is -1.68. The van der Waals surface area contributed by atoms with Crippen LogP contribution in [0.5, 0.6) is 0 Å². The molecule has 0 saturated carbocycles. The second kappa shape index (κ2) is 10.5. The van der Waals surface area contributed by atoms with Gasteiger partial charge in [0.25, 0.3) is 0 Å². The third-order valence-electron chi connectivity index (χ3n) is 4.18. The van der Waals surface area contributed by atoms with E-state index in [1.54, 1.807) is 24.6 Å². The number of hydrogen-bond donors (Lipinski definition) is 2. The fourth-order valence-electron chi connectivity index (χ4n) is 2.80. The molecule has 0 bridgehead atoms. The maximum Gasteiger partial charge on any atom is 0.224 e. The predicted octanol–water partition coefficient (Wildman–Crippen LogP) is 2.40. The minimum absolute atomic E-state index is 0. The number of pyridine rings is 1. The molecule has 2 aromatic heterocycles. The molecule has 0 unspecified atom stereocenters. The molecule has 0 radical (unpaired) electrons. The van der Waals surface area contributed by atoms with Gasteiger partial charge in [0.2, 0.25) is 5.91 Å². The van der Waals surface area contributed by atoms with Gasteiger partial charge >= 0.3 is 0 Å². The topological polar surface area (TPSA) is 69.6 Å². The van der Waals surface area contributed by atoms with E-state index < -0.39 is 0 Å². The lowest BCUT2D eigenvalue weighted by Crippen LogP contribution is -2.40. The summed E-state index contributed by atoms with van der Waals surface area (Å²) in [4.78, 5) is 24.2. The molecule has 0 saturated heterocycles. The smallest absolute Gasteiger partial charge is 0.224 e. The number of amides is 1. The number of guanidine groups is 1. The number of nitrogens with one attached hydrogen (secondary N) is 2. The first-order valence-electron chi connectivity index (χ1n) is 8.43. The molecule has 140 valence electrons. The lowest BCUT2D eigenvalue weighted by atomic mass is 10.1. The number of hydrogen-bond acceptors (Lipinski definition) is 4. The molecular formula is C18H24IN5OS. The van der Waals surface area contributed by atoms with Crippen molar-refractivity contribution in [1.82, 2.24) is 20.5 Å². The van der Waals surface area contributed by atoms with Gasteiger partial charge in [-0.3, -0.25) is 14.8 Å². The van der Waals surface area contributed by atoms with E-state index in [0.717, 1.165) is 25.2 Å². The molecule has 0 spiro atoms. The van der Waals surface area contributed by atoms with Gasteiger partial charge in [0.15, 0.2) is 5.96 Å². The fourth-order valence-corrected chi connectivity index (χ4v) is 3.69. The highest BCUT2D eigenvalue weighted by molar-refractivity contribution is 14.0. The molecule has 2 aromatic rings. The summed E-state index contributed by atoms with van der Waals surface area (Å²) in [5, 5.41) is 8.50. The van der Waals surface area contributed by atoms with Gasteiger partial charge in [0, 0.05) is 44.2 Å². The van der Waals surface area contributed by atoms with Crippen molar-refractivity contribution in [3.8, 4) is 0 Å². The minimum atomic E-state index is 0. The largest absolute Gasteiger partial charge is 0.356 e. The summed E-state index contributed by atoms with van der Waals surface area (Å²) >= 11 is 1.79. The molecule has 8 heteroatoms. The van der Waals surface area contributed by atoms with Gasteiger partial charge in [-0.25, -0.2) is 0 Å². The highest BCUT2D eigenvalue weighted by Crippen LogP contribution is 2.24. The number of rotatable bonds is 5. The summed E-state index contributed by atoms with van der Waals surface area (Å²) in [5.41, 5.74) is 2.24. The van der Waals surface area contributed by atoms with E-state index >= 15 is 0 Å². The molecule has 1 aliphatic heterocycles. The number of aliphatic imine (C=N–C) groups is 1. The van der Waals surface area contributed by atoms with Gasteiger partial charge in [-0.05, 0) is 35.6 Å². The zero-order valence-corrected chi connectivity index (χ0v) is 17.9. The van der Waals surface area contributed by atoms with E-state index in [4.69, 9.17) is 0 Å². The maximum atomic E-state index is 12.4. The van der Waals surface area contributed by atoms with Crippen molar-refractivity contribution in [3.63, 3.8) is 0 Å². The van der Waals surface area contributed by atoms with Crippen molar-refractivity contribution in [3.05, 3.63) is 52.0 Å². The van der Waals surface area contributed by atoms with E-state index in [1.165, 1.54) is 10.4 Å². The van der Waals surface area contributed by atoms with Gasteiger partial charge in [0.1, 0.15) is 0 Å². The van der Waals surface area contributed by atoms with Crippen LogP contribution in [0.15, 0.2) is 40.8 Å². The summed E-state index contributed by atoms with van der Waals surface area (Å²) in [6.07, 6.45) is 3.20. The Balaban J connectivity index is 0.00000243. The lowest BCUT2D eigenvalue weighted by Gasteiger charge is -2.27. The number of nitrogens with zero attached hydrogens (tertiary/aromatic N) is 3. The van der Waals surface area contributed by atoms with E-state index in [-0.39, 0.29) is 29.9 Å². The first kappa shape index (κ1) is 20.6. The van der Waals surface area contributed by atoms with Crippen LogP contribution in [0.25, 0.3) is 0 Å². The van der Waals surface area contributed by atoms with Crippen LogP contribution in [-0.4, -0.2) is 41.9 Å².